The molecule has 2 aliphatic rings. The minimum absolute atomic E-state index is 0.0301. The Morgan fingerprint density at radius 1 is 1.00 bits per heavy atom. The van der Waals surface area contributed by atoms with Crippen molar-refractivity contribution in [2.45, 2.75) is 11.7 Å². The first-order valence-electron chi connectivity index (χ1n) is 5.57. The van der Waals surface area contributed by atoms with E-state index >= 15 is 0 Å². The van der Waals surface area contributed by atoms with E-state index in [2.05, 4.69) is 30.4 Å². The topological polar surface area (TPSA) is 18.5 Å². The van der Waals surface area contributed by atoms with Gasteiger partial charge in [-0.15, -0.1) is 0 Å². The molecule has 1 aromatic rings. The van der Waals surface area contributed by atoms with Gasteiger partial charge in [-0.05, 0) is 17.7 Å². The molecule has 1 aromatic carbocycles. The molecule has 2 heterocycles. The predicted octanol–water partition coefficient (Wildman–Crippen LogP) is 2.64. The first-order chi connectivity index (χ1) is 7.91. The summed E-state index contributed by atoms with van der Waals surface area (Å²) < 4.78 is 11.7. The largest absolute Gasteiger partial charge is 0.366 e. The van der Waals surface area contributed by atoms with Crippen LogP contribution in [0.2, 0.25) is 0 Å². The van der Waals surface area contributed by atoms with Crippen LogP contribution < -0.4 is 0 Å². The molecule has 1 spiro atoms. The average Bonchev–Trinajstić information content (AvgIpc) is 2.80. The molecular weight excluding hydrogens is 200 g/mol. The molecule has 0 aliphatic carbocycles. The zero-order chi connectivity index (χ0) is 10.8. The van der Waals surface area contributed by atoms with Crippen molar-refractivity contribution in [1.29, 1.82) is 0 Å². The average molecular weight is 214 g/mol. The van der Waals surface area contributed by atoms with E-state index in [1.54, 1.807) is 0 Å². The summed E-state index contributed by atoms with van der Waals surface area (Å²) >= 11 is 0. The van der Waals surface area contributed by atoms with Crippen molar-refractivity contribution in [1.82, 2.24) is 0 Å². The Bertz CT molecular complexity index is 422. The van der Waals surface area contributed by atoms with Gasteiger partial charge in [0.05, 0.1) is 13.2 Å². The lowest BCUT2D eigenvalue weighted by molar-refractivity contribution is -0.0818. The third-order valence-corrected chi connectivity index (χ3v) is 3.06. The van der Waals surface area contributed by atoms with Crippen LogP contribution in [0.4, 0.5) is 0 Å². The van der Waals surface area contributed by atoms with Crippen LogP contribution in [0.15, 0.2) is 54.6 Å². The fraction of sp³-hybridized carbons (Fsp3) is 0.286. The molecule has 3 rings (SSSR count). The summed E-state index contributed by atoms with van der Waals surface area (Å²) in [7, 11) is 0. The van der Waals surface area contributed by atoms with E-state index in [-0.39, 0.29) is 11.7 Å². The van der Waals surface area contributed by atoms with Gasteiger partial charge >= 0.3 is 0 Å². The van der Waals surface area contributed by atoms with Crippen LogP contribution in [-0.2, 0) is 9.47 Å². The summed E-state index contributed by atoms with van der Waals surface area (Å²) in [6.07, 6.45) is 8.25. The van der Waals surface area contributed by atoms with Crippen LogP contribution in [-0.4, -0.2) is 18.8 Å². The molecule has 2 aliphatic heterocycles. The molecule has 0 saturated carbocycles. The van der Waals surface area contributed by atoms with Gasteiger partial charge in [-0.1, -0.05) is 42.5 Å². The number of hydrogen-bond acceptors (Lipinski definition) is 2. The highest BCUT2D eigenvalue weighted by Gasteiger charge is 2.40. The molecule has 0 aromatic heterocycles. The Kier molecular flexibility index (Phi) is 2.39. The van der Waals surface area contributed by atoms with Gasteiger partial charge in [-0.25, -0.2) is 0 Å². The Balaban J connectivity index is 2.00. The normalized spacial score (nSPS) is 32.4. The van der Waals surface area contributed by atoms with Crippen molar-refractivity contribution in [2.24, 2.45) is 0 Å². The highest BCUT2D eigenvalue weighted by molar-refractivity contribution is 5.32. The summed E-state index contributed by atoms with van der Waals surface area (Å²) in [6, 6.07) is 10.2. The third kappa shape index (κ3) is 1.51. The van der Waals surface area contributed by atoms with Gasteiger partial charge in [0.2, 0.25) is 0 Å². The Morgan fingerprint density at radius 3 is 2.44 bits per heavy atom. The summed E-state index contributed by atoms with van der Waals surface area (Å²) in [6.45, 7) is 1.32. The lowest BCUT2D eigenvalue weighted by Gasteiger charge is -2.35. The number of ether oxygens (including phenoxy) is 2. The second-order valence-corrected chi connectivity index (χ2v) is 4.09. The lowest BCUT2D eigenvalue weighted by Crippen LogP contribution is -2.37. The fourth-order valence-electron chi connectivity index (χ4n) is 2.33. The number of benzene rings is 1. The summed E-state index contributed by atoms with van der Waals surface area (Å²) in [5, 5.41) is 0. The van der Waals surface area contributed by atoms with Gasteiger partial charge in [0, 0.05) is 0 Å². The van der Waals surface area contributed by atoms with Gasteiger partial charge in [0.1, 0.15) is 11.7 Å². The highest BCUT2D eigenvalue weighted by Crippen LogP contribution is 2.39. The third-order valence-electron chi connectivity index (χ3n) is 3.06. The smallest absolute Gasteiger partial charge is 0.135 e. The Labute approximate surface area is 95.2 Å². The van der Waals surface area contributed by atoms with E-state index in [4.69, 9.17) is 9.47 Å². The summed E-state index contributed by atoms with van der Waals surface area (Å²) in [4.78, 5) is 0. The zero-order valence-corrected chi connectivity index (χ0v) is 9.00. The molecule has 0 bridgehead atoms. The van der Waals surface area contributed by atoms with E-state index in [0.29, 0.717) is 13.2 Å². The molecule has 82 valence electrons. The minimum Gasteiger partial charge on any atom is -0.366 e. The van der Waals surface area contributed by atoms with Crippen LogP contribution in [0.3, 0.4) is 0 Å². The zero-order valence-electron chi connectivity index (χ0n) is 9.00. The van der Waals surface area contributed by atoms with E-state index < -0.39 is 0 Å². The van der Waals surface area contributed by atoms with Gasteiger partial charge in [-0.3, -0.25) is 0 Å². The molecule has 0 fully saturated rings. The number of rotatable bonds is 1. The minimum atomic E-state index is -0.389. The molecule has 0 amide bonds. The van der Waals surface area contributed by atoms with Gasteiger partial charge in [-0.2, -0.15) is 0 Å². The molecule has 0 radical (unpaired) electrons. The maximum Gasteiger partial charge on any atom is 0.135 e. The van der Waals surface area contributed by atoms with Crippen LogP contribution in [0.5, 0.6) is 0 Å². The molecule has 0 unspecified atom stereocenters. The Morgan fingerprint density at radius 2 is 1.75 bits per heavy atom. The van der Waals surface area contributed by atoms with E-state index in [1.165, 1.54) is 5.56 Å². The van der Waals surface area contributed by atoms with Crippen LogP contribution >= 0.6 is 0 Å². The van der Waals surface area contributed by atoms with E-state index in [1.807, 2.05) is 24.3 Å². The lowest BCUT2D eigenvalue weighted by atomic mass is 9.89. The van der Waals surface area contributed by atoms with Crippen molar-refractivity contribution in [3.05, 3.63) is 60.2 Å². The van der Waals surface area contributed by atoms with E-state index in [0.717, 1.165) is 0 Å². The first kappa shape index (κ1) is 9.82. The fourth-order valence-corrected chi connectivity index (χ4v) is 2.33. The van der Waals surface area contributed by atoms with Crippen molar-refractivity contribution in [3.63, 3.8) is 0 Å². The van der Waals surface area contributed by atoms with Crippen LogP contribution in [0, 0.1) is 0 Å². The summed E-state index contributed by atoms with van der Waals surface area (Å²) in [5.41, 5.74) is 0.776. The van der Waals surface area contributed by atoms with Gasteiger partial charge in [0.15, 0.2) is 0 Å². The summed E-state index contributed by atoms with van der Waals surface area (Å²) in [5.74, 6) is 0. The SMILES string of the molecule is C1=C[C@]2(C=CCO2)[C@H](c2ccccc2)OC1. The monoisotopic (exact) mass is 214 g/mol. The molecular formula is C14H14O2. The predicted molar refractivity (Wildman–Crippen MR) is 62.1 cm³/mol. The quantitative estimate of drug-likeness (QED) is 0.669. The second-order valence-electron chi connectivity index (χ2n) is 4.09. The van der Waals surface area contributed by atoms with Crippen molar-refractivity contribution in [2.75, 3.05) is 13.2 Å². The van der Waals surface area contributed by atoms with Crippen LogP contribution in [0.25, 0.3) is 0 Å². The molecule has 0 saturated heterocycles. The van der Waals surface area contributed by atoms with Gasteiger partial charge < -0.3 is 9.47 Å². The Hall–Kier alpha value is -1.38. The van der Waals surface area contributed by atoms with Crippen molar-refractivity contribution >= 4 is 0 Å². The van der Waals surface area contributed by atoms with Crippen molar-refractivity contribution in [3.8, 4) is 0 Å². The van der Waals surface area contributed by atoms with E-state index in [9.17, 15) is 0 Å². The van der Waals surface area contributed by atoms with Gasteiger partial charge in [0.25, 0.3) is 0 Å². The first-order valence-corrected chi connectivity index (χ1v) is 5.57. The molecule has 0 N–H and O–H groups in total. The molecule has 2 atom stereocenters. The standard InChI is InChI=1S/C14H14O2/c1-2-6-12(7-3-1)13-14(8-4-10-15-13)9-5-11-16-14/h1-9,13H,10-11H2/t13-,14-/m0/s1. The maximum absolute atomic E-state index is 5.84. The molecule has 16 heavy (non-hydrogen) atoms. The van der Waals surface area contributed by atoms with Crippen molar-refractivity contribution < 1.29 is 9.47 Å². The molecule has 2 heteroatoms. The maximum atomic E-state index is 5.84. The molecule has 2 nitrogen and oxygen atoms in total. The number of hydrogen-bond donors (Lipinski definition) is 0. The highest BCUT2D eigenvalue weighted by atomic mass is 16.6. The van der Waals surface area contributed by atoms with Crippen LogP contribution in [0.1, 0.15) is 11.7 Å². The second kappa shape index (κ2) is 3.89.